The van der Waals surface area contributed by atoms with Gasteiger partial charge in [0.15, 0.2) is 22.9 Å². The molecule has 250 valence electrons. The van der Waals surface area contributed by atoms with Crippen molar-refractivity contribution in [2.75, 3.05) is 11.5 Å². The van der Waals surface area contributed by atoms with Gasteiger partial charge in [-0.05, 0) is 35.8 Å². The number of thioether (sulfide) groups is 2. The fourth-order valence-electron chi connectivity index (χ4n) is 4.79. The maximum absolute atomic E-state index is 13.4. The van der Waals surface area contributed by atoms with Crippen molar-refractivity contribution in [3.8, 4) is 23.0 Å². The van der Waals surface area contributed by atoms with Crippen LogP contribution >= 0.6 is 45.1 Å². The first-order valence-corrected chi connectivity index (χ1v) is 18.3. The number of rotatable bonds is 9. The van der Waals surface area contributed by atoms with Crippen LogP contribution < -0.4 is 0 Å². The number of halogens is 6. The minimum Gasteiger partial charge on any atom is -0.310 e. The average Bonchev–Trinajstić information content (AvgIpc) is 3.54. The molecule has 0 N–H and O–H groups in total. The van der Waals surface area contributed by atoms with Gasteiger partial charge in [-0.1, -0.05) is 35.4 Å². The zero-order chi connectivity index (χ0) is 34.4. The monoisotopic (exact) mass is 738 g/mol. The van der Waals surface area contributed by atoms with E-state index < -0.39 is 23.5 Å². The van der Waals surface area contributed by atoms with Gasteiger partial charge >= 0.3 is 12.4 Å². The number of imidazole rings is 2. The Hall–Kier alpha value is -3.48. The summed E-state index contributed by atoms with van der Waals surface area (Å²) >= 11 is 2.52. The third-order valence-electron chi connectivity index (χ3n) is 6.99. The quantitative estimate of drug-likeness (QED) is 0.0813. The molecule has 0 fully saturated rings. The van der Waals surface area contributed by atoms with Crippen molar-refractivity contribution in [2.24, 2.45) is 14.1 Å². The summed E-state index contributed by atoms with van der Waals surface area (Å²) in [6, 6.07) is 5.88. The molecule has 6 aromatic rings. The number of aromatic nitrogens is 8. The second-order valence-electron chi connectivity index (χ2n) is 10.2. The van der Waals surface area contributed by atoms with Crippen molar-refractivity contribution in [1.29, 1.82) is 0 Å². The normalized spacial score (nSPS) is 12.5. The SMILES string of the molecule is CCSc1cc(C(F)(F)F)cnc1-c1nc2cc(SSc3cnc4c(c3)nc(-c3ncc(C(F)(F)F)cc3SCC)n4C)cnc2n1C. The van der Waals surface area contributed by atoms with E-state index in [0.717, 1.165) is 34.3 Å². The van der Waals surface area contributed by atoms with E-state index in [1.54, 1.807) is 35.6 Å². The third-order valence-corrected chi connectivity index (χ3v) is 11.1. The van der Waals surface area contributed by atoms with Gasteiger partial charge < -0.3 is 9.13 Å². The summed E-state index contributed by atoms with van der Waals surface area (Å²) in [5, 5.41) is 0. The Kier molecular flexibility index (Phi) is 9.63. The van der Waals surface area contributed by atoms with E-state index in [4.69, 9.17) is 0 Å². The molecule has 0 aromatic carbocycles. The van der Waals surface area contributed by atoms with Crippen molar-refractivity contribution in [2.45, 2.75) is 45.8 Å². The fourth-order valence-corrected chi connectivity index (χ4v) is 8.22. The Morgan fingerprint density at radius 2 is 0.979 bits per heavy atom. The van der Waals surface area contributed by atoms with Gasteiger partial charge in [0.1, 0.15) is 22.4 Å². The predicted octanol–water partition coefficient (Wildman–Crippen LogP) is 9.43. The highest BCUT2D eigenvalue weighted by Crippen LogP contribution is 2.41. The summed E-state index contributed by atoms with van der Waals surface area (Å²) in [5.74, 6) is 1.92. The number of hydrogen-bond acceptors (Lipinski definition) is 10. The van der Waals surface area contributed by atoms with E-state index in [2.05, 4.69) is 29.9 Å². The summed E-state index contributed by atoms with van der Waals surface area (Å²) in [4.78, 5) is 29.1. The molecule has 6 heterocycles. The van der Waals surface area contributed by atoms with Gasteiger partial charge in [0.25, 0.3) is 0 Å². The van der Waals surface area contributed by atoms with E-state index in [-0.39, 0.29) is 0 Å². The van der Waals surface area contributed by atoms with Crippen molar-refractivity contribution >= 4 is 67.4 Å². The van der Waals surface area contributed by atoms with Crippen LogP contribution in [0, 0.1) is 0 Å². The lowest BCUT2D eigenvalue weighted by Gasteiger charge is -2.11. The molecular weight excluding hydrogens is 715 g/mol. The lowest BCUT2D eigenvalue weighted by atomic mass is 10.2. The summed E-state index contributed by atoms with van der Waals surface area (Å²) < 4.78 is 83.5. The van der Waals surface area contributed by atoms with E-state index in [1.165, 1.54) is 45.1 Å². The Balaban J connectivity index is 1.26. The maximum Gasteiger partial charge on any atom is 0.417 e. The van der Waals surface area contributed by atoms with Crippen LogP contribution in [0.3, 0.4) is 0 Å². The Morgan fingerprint density at radius 1 is 0.583 bits per heavy atom. The summed E-state index contributed by atoms with van der Waals surface area (Å²) in [7, 11) is 6.30. The molecule has 0 saturated carbocycles. The Bertz CT molecular complexity index is 1990. The molecule has 0 bridgehead atoms. The summed E-state index contributed by atoms with van der Waals surface area (Å²) in [6.07, 6.45) is -4.02. The van der Waals surface area contributed by atoms with Gasteiger partial charge in [-0.15, -0.1) is 23.5 Å². The molecule has 0 spiro atoms. The fraction of sp³-hybridized carbons (Fsp3) is 0.267. The molecule has 6 aromatic heterocycles. The number of hydrogen-bond donors (Lipinski definition) is 0. The Morgan fingerprint density at radius 3 is 1.33 bits per heavy atom. The topological polar surface area (TPSA) is 87.2 Å². The van der Waals surface area contributed by atoms with Crippen LogP contribution in [0.15, 0.2) is 68.6 Å². The first-order chi connectivity index (χ1) is 22.8. The van der Waals surface area contributed by atoms with Gasteiger partial charge in [0, 0.05) is 58.5 Å². The molecule has 0 saturated heterocycles. The molecule has 0 aliphatic rings. The van der Waals surface area contributed by atoms with Crippen LogP contribution in [0.4, 0.5) is 26.3 Å². The van der Waals surface area contributed by atoms with Crippen LogP contribution in [-0.2, 0) is 26.4 Å². The van der Waals surface area contributed by atoms with E-state index in [1.807, 2.05) is 26.0 Å². The Labute approximate surface area is 286 Å². The highest BCUT2D eigenvalue weighted by atomic mass is 33.1. The minimum atomic E-state index is -4.51. The molecule has 0 unspecified atom stereocenters. The summed E-state index contributed by atoms with van der Waals surface area (Å²) in [5.41, 5.74) is 1.27. The highest BCUT2D eigenvalue weighted by Gasteiger charge is 2.33. The van der Waals surface area contributed by atoms with Crippen LogP contribution in [0.5, 0.6) is 0 Å². The third kappa shape index (κ3) is 6.84. The first kappa shape index (κ1) is 34.4. The van der Waals surface area contributed by atoms with Crippen molar-refractivity contribution in [3.63, 3.8) is 0 Å². The zero-order valence-corrected chi connectivity index (χ0v) is 28.8. The van der Waals surface area contributed by atoms with Gasteiger partial charge in [0.2, 0.25) is 0 Å². The van der Waals surface area contributed by atoms with Crippen molar-refractivity contribution < 1.29 is 26.3 Å². The standard InChI is InChI=1S/C30H24F6N8S4/c1-5-45-21-7-15(29(31,32)33)11-37-23(21)27-41-19-9-17(13-39-25(19)43(27)3)47-48-18-10-20-26(40-14-18)44(4)28(42-20)24-22(46-6-2)8-16(12-38-24)30(34,35)36/h7-14H,5-6H2,1-4H3. The molecular formula is C30H24F6N8S4. The van der Waals surface area contributed by atoms with E-state index in [0.29, 0.717) is 66.7 Å². The minimum absolute atomic E-state index is 0.347. The highest BCUT2D eigenvalue weighted by molar-refractivity contribution is 8.76. The second kappa shape index (κ2) is 13.4. The first-order valence-electron chi connectivity index (χ1n) is 14.2. The van der Waals surface area contributed by atoms with Gasteiger partial charge in [-0.2, -0.15) is 26.3 Å². The van der Waals surface area contributed by atoms with Gasteiger partial charge in [-0.25, -0.2) is 19.9 Å². The number of nitrogens with zero attached hydrogens (tertiary/aromatic N) is 8. The largest absolute Gasteiger partial charge is 0.417 e. The van der Waals surface area contributed by atoms with Crippen molar-refractivity contribution in [3.05, 3.63) is 60.2 Å². The number of fused-ring (bicyclic) bond motifs is 2. The molecule has 8 nitrogen and oxygen atoms in total. The maximum atomic E-state index is 13.4. The van der Waals surface area contributed by atoms with Crippen LogP contribution in [0.2, 0.25) is 0 Å². The number of pyridine rings is 4. The molecule has 0 amide bonds. The lowest BCUT2D eigenvalue weighted by molar-refractivity contribution is -0.138. The molecule has 0 radical (unpaired) electrons. The van der Waals surface area contributed by atoms with Crippen LogP contribution in [-0.4, -0.2) is 50.5 Å². The molecule has 0 atom stereocenters. The van der Waals surface area contributed by atoms with Gasteiger partial charge in [0.05, 0.1) is 11.1 Å². The summed E-state index contributed by atoms with van der Waals surface area (Å²) in [6.45, 7) is 3.71. The molecule has 48 heavy (non-hydrogen) atoms. The molecule has 0 aliphatic carbocycles. The second-order valence-corrected chi connectivity index (χ2v) is 15.1. The van der Waals surface area contributed by atoms with E-state index in [9.17, 15) is 26.3 Å². The molecule has 0 aliphatic heterocycles. The number of alkyl halides is 6. The molecule has 18 heteroatoms. The average molecular weight is 739 g/mol. The predicted molar refractivity (Wildman–Crippen MR) is 178 cm³/mol. The van der Waals surface area contributed by atoms with Gasteiger partial charge in [-0.3, -0.25) is 9.97 Å². The zero-order valence-electron chi connectivity index (χ0n) is 25.5. The molecule has 6 rings (SSSR count). The smallest absolute Gasteiger partial charge is 0.310 e. The van der Waals surface area contributed by atoms with Crippen LogP contribution in [0.1, 0.15) is 25.0 Å². The lowest BCUT2D eigenvalue weighted by Crippen LogP contribution is -2.07. The van der Waals surface area contributed by atoms with Crippen molar-refractivity contribution in [1.82, 2.24) is 39.0 Å². The number of aryl methyl sites for hydroxylation is 2. The van der Waals surface area contributed by atoms with E-state index >= 15 is 0 Å². The van der Waals surface area contributed by atoms with Crippen LogP contribution in [0.25, 0.3) is 45.4 Å².